The van der Waals surface area contributed by atoms with Crippen molar-refractivity contribution in [3.8, 4) is 10.6 Å². The number of rotatable bonds is 2. The zero-order valence-electron chi connectivity index (χ0n) is 8.50. The molecular weight excluding hydrogens is 249 g/mol. The van der Waals surface area contributed by atoms with Gasteiger partial charge in [-0.1, -0.05) is 11.6 Å². The van der Waals surface area contributed by atoms with Gasteiger partial charge in [-0.15, -0.1) is 11.3 Å². The molecule has 0 atom stereocenters. The Morgan fingerprint density at radius 2 is 2.25 bits per heavy atom. The summed E-state index contributed by atoms with van der Waals surface area (Å²) in [6, 6.07) is 4.19. The Kier molecular flexibility index (Phi) is 3.23. The van der Waals surface area contributed by atoms with Crippen molar-refractivity contribution >= 4 is 22.9 Å². The number of nitrogens with zero attached hydrogens (tertiary/aromatic N) is 1. The quantitative estimate of drug-likeness (QED) is 0.894. The maximum absolute atomic E-state index is 12.9. The van der Waals surface area contributed by atoms with E-state index in [2.05, 4.69) is 4.98 Å². The molecule has 1 heterocycles. The molecule has 0 saturated heterocycles. The molecule has 0 radical (unpaired) electrons. The summed E-state index contributed by atoms with van der Waals surface area (Å²) in [7, 11) is 0. The van der Waals surface area contributed by atoms with E-state index in [9.17, 15) is 4.39 Å². The number of hydrogen-bond donors (Lipinski definition) is 1. The van der Waals surface area contributed by atoms with Crippen molar-refractivity contribution in [2.45, 2.75) is 13.5 Å². The van der Waals surface area contributed by atoms with Crippen molar-refractivity contribution in [1.82, 2.24) is 4.98 Å². The summed E-state index contributed by atoms with van der Waals surface area (Å²) in [5.74, 6) is -0.371. The molecule has 0 unspecified atom stereocenters. The molecule has 2 rings (SSSR count). The number of aliphatic hydroxyl groups is 1. The van der Waals surface area contributed by atoms with E-state index in [0.717, 1.165) is 10.6 Å². The summed E-state index contributed by atoms with van der Waals surface area (Å²) < 4.78 is 12.9. The highest BCUT2D eigenvalue weighted by molar-refractivity contribution is 7.15. The summed E-state index contributed by atoms with van der Waals surface area (Å²) in [5, 5.41) is 10.1. The van der Waals surface area contributed by atoms with Gasteiger partial charge in [-0.2, -0.15) is 0 Å². The number of benzene rings is 1. The van der Waals surface area contributed by atoms with Crippen LogP contribution in [0.5, 0.6) is 0 Å². The van der Waals surface area contributed by atoms with Gasteiger partial charge in [0.25, 0.3) is 0 Å². The molecule has 2 nitrogen and oxygen atoms in total. The SMILES string of the molecule is Cc1nc(-c2ccc(F)cc2Cl)sc1CO. The smallest absolute Gasteiger partial charge is 0.125 e. The average molecular weight is 258 g/mol. The van der Waals surface area contributed by atoms with Gasteiger partial charge in [0, 0.05) is 5.56 Å². The molecule has 2 aromatic rings. The van der Waals surface area contributed by atoms with E-state index >= 15 is 0 Å². The van der Waals surface area contributed by atoms with Gasteiger partial charge in [0.2, 0.25) is 0 Å². The summed E-state index contributed by atoms with van der Waals surface area (Å²) in [6.07, 6.45) is 0. The van der Waals surface area contributed by atoms with E-state index in [1.165, 1.54) is 23.5 Å². The molecule has 1 aromatic heterocycles. The van der Waals surface area contributed by atoms with Gasteiger partial charge < -0.3 is 5.11 Å². The third-order valence-electron chi connectivity index (χ3n) is 2.20. The van der Waals surface area contributed by atoms with Crippen LogP contribution in [-0.4, -0.2) is 10.1 Å². The van der Waals surface area contributed by atoms with Crippen molar-refractivity contribution in [2.24, 2.45) is 0 Å². The highest BCUT2D eigenvalue weighted by atomic mass is 35.5. The molecule has 0 aliphatic carbocycles. The van der Waals surface area contributed by atoms with Crippen molar-refractivity contribution in [1.29, 1.82) is 0 Å². The van der Waals surface area contributed by atoms with Crippen molar-refractivity contribution in [3.05, 3.63) is 39.6 Å². The van der Waals surface area contributed by atoms with E-state index in [-0.39, 0.29) is 12.4 Å². The zero-order valence-corrected chi connectivity index (χ0v) is 10.1. The zero-order chi connectivity index (χ0) is 11.7. The van der Waals surface area contributed by atoms with E-state index in [1.54, 1.807) is 6.07 Å². The lowest BCUT2D eigenvalue weighted by Gasteiger charge is -1.99. The number of halogens is 2. The lowest BCUT2D eigenvalue weighted by molar-refractivity contribution is 0.284. The number of hydrogen-bond acceptors (Lipinski definition) is 3. The minimum Gasteiger partial charge on any atom is -0.391 e. The Labute approximate surface area is 101 Å². The second-order valence-corrected chi connectivity index (χ2v) is 4.80. The van der Waals surface area contributed by atoms with Gasteiger partial charge in [0.15, 0.2) is 0 Å². The molecule has 84 valence electrons. The van der Waals surface area contributed by atoms with Gasteiger partial charge >= 0.3 is 0 Å². The predicted octanol–water partition coefficient (Wildman–Crippen LogP) is 3.40. The third kappa shape index (κ3) is 2.09. The third-order valence-corrected chi connectivity index (χ3v) is 3.69. The number of thiazole rings is 1. The number of aromatic nitrogens is 1. The Morgan fingerprint density at radius 3 is 2.81 bits per heavy atom. The van der Waals surface area contributed by atoms with Gasteiger partial charge in [-0.3, -0.25) is 0 Å². The molecule has 0 aliphatic rings. The van der Waals surface area contributed by atoms with Crippen LogP contribution in [0.15, 0.2) is 18.2 Å². The fourth-order valence-corrected chi connectivity index (χ4v) is 2.63. The summed E-state index contributed by atoms with van der Waals surface area (Å²) in [5.41, 5.74) is 1.47. The van der Waals surface area contributed by atoms with Crippen LogP contribution in [0.3, 0.4) is 0 Å². The fraction of sp³-hybridized carbons (Fsp3) is 0.182. The minimum absolute atomic E-state index is 0.0394. The van der Waals surface area contributed by atoms with E-state index < -0.39 is 0 Å². The Balaban J connectivity index is 2.50. The second kappa shape index (κ2) is 4.49. The van der Waals surface area contributed by atoms with Crippen LogP contribution >= 0.6 is 22.9 Å². The maximum atomic E-state index is 12.9. The predicted molar refractivity (Wildman–Crippen MR) is 63.2 cm³/mol. The normalized spacial score (nSPS) is 10.8. The molecule has 5 heteroatoms. The van der Waals surface area contributed by atoms with Crippen LogP contribution in [0.4, 0.5) is 4.39 Å². The van der Waals surface area contributed by atoms with Gasteiger partial charge in [-0.25, -0.2) is 9.37 Å². The number of aliphatic hydroxyl groups excluding tert-OH is 1. The molecule has 0 saturated carbocycles. The van der Waals surface area contributed by atoms with Crippen LogP contribution in [0.1, 0.15) is 10.6 Å². The molecule has 0 spiro atoms. The van der Waals surface area contributed by atoms with Gasteiger partial charge in [-0.05, 0) is 25.1 Å². The standard InChI is InChI=1S/C11H9ClFNOS/c1-6-10(5-15)16-11(14-6)8-3-2-7(13)4-9(8)12/h2-4,15H,5H2,1H3. The summed E-state index contributed by atoms with van der Waals surface area (Å²) >= 11 is 7.30. The van der Waals surface area contributed by atoms with Crippen molar-refractivity contribution in [3.63, 3.8) is 0 Å². The minimum atomic E-state index is -0.371. The maximum Gasteiger partial charge on any atom is 0.125 e. The molecule has 1 aromatic carbocycles. The van der Waals surface area contributed by atoms with Crippen LogP contribution in [0.25, 0.3) is 10.6 Å². The fourth-order valence-electron chi connectivity index (χ4n) is 1.35. The van der Waals surface area contributed by atoms with Crippen LogP contribution < -0.4 is 0 Å². The highest BCUT2D eigenvalue weighted by Crippen LogP contribution is 2.33. The Bertz CT molecular complexity index is 527. The summed E-state index contributed by atoms with van der Waals surface area (Å²) in [6.45, 7) is 1.78. The van der Waals surface area contributed by atoms with Crippen LogP contribution in [0.2, 0.25) is 5.02 Å². The molecule has 1 N–H and O–H groups in total. The summed E-state index contributed by atoms with van der Waals surface area (Å²) in [4.78, 5) is 5.10. The van der Waals surface area contributed by atoms with E-state index in [0.29, 0.717) is 15.6 Å². The number of aryl methyl sites for hydroxylation is 1. The van der Waals surface area contributed by atoms with Gasteiger partial charge in [0.05, 0.1) is 22.2 Å². The van der Waals surface area contributed by atoms with Crippen LogP contribution in [-0.2, 0) is 6.61 Å². The lowest BCUT2D eigenvalue weighted by atomic mass is 10.2. The largest absolute Gasteiger partial charge is 0.391 e. The molecular formula is C11H9ClFNOS. The first kappa shape index (κ1) is 11.5. The first-order chi connectivity index (χ1) is 7.61. The second-order valence-electron chi connectivity index (χ2n) is 3.31. The van der Waals surface area contributed by atoms with E-state index in [4.69, 9.17) is 16.7 Å². The topological polar surface area (TPSA) is 33.1 Å². The Hall–Kier alpha value is -0.970. The lowest BCUT2D eigenvalue weighted by Crippen LogP contribution is -1.82. The first-order valence-corrected chi connectivity index (χ1v) is 5.84. The molecule has 0 amide bonds. The Morgan fingerprint density at radius 1 is 1.50 bits per heavy atom. The van der Waals surface area contributed by atoms with Gasteiger partial charge in [0.1, 0.15) is 10.8 Å². The molecule has 0 aliphatic heterocycles. The highest BCUT2D eigenvalue weighted by Gasteiger charge is 2.11. The van der Waals surface area contributed by atoms with Crippen LogP contribution in [0, 0.1) is 12.7 Å². The molecule has 0 bridgehead atoms. The van der Waals surface area contributed by atoms with E-state index in [1.807, 2.05) is 6.92 Å². The van der Waals surface area contributed by atoms with Crippen molar-refractivity contribution < 1.29 is 9.50 Å². The monoisotopic (exact) mass is 257 g/mol. The molecule has 16 heavy (non-hydrogen) atoms. The first-order valence-electron chi connectivity index (χ1n) is 4.64. The van der Waals surface area contributed by atoms with Crippen molar-refractivity contribution in [2.75, 3.05) is 0 Å². The molecule has 0 fully saturated rings. The average Bonchev–Trinajstić information content (AvgIpc) is 2.59.